The minimum atomic E-state index is -0.134. The van der Waals surface area contributed by atoms with Gasteiger partial charge in [-0.05, 0) is 45.0 Å². The average Bonchev–Trinajstić information content (AvgIpc) is 2.49. The van der Waals surface area contributed by atoms with E-state index in [1.165, 1.54) is 5.56 Å². The van der Waals surface area contributed by atoms with Crippen LogP contribution in [0.3, 0.4) is 0 Å². The van der Waals surface area contributed by atoms with Crippen LogP contribution in [0.1, 0.15) is 34.0 Å². The van der Waals surface area contributed by atoms with E-state index in [-0.39, 0.29) is 11.8 Å². The third-order valence-corrected chi connectivity index (χ3v) is 3.97. The van der Waals surface area contributed by atoms with Crippen molar-refractivity contribution in [1.82, 2.24) is 4.90 Å². The number of aryl methyl sites for hydroxylation is 2. The molecule has 0 heterocycles. The number of nitrogens with zero attached hydrogens (tertiary/aromatic N) is 1. The SMILES string of the molecule is Cc1ccc(C)c(C(=O)C(C)N(C)Cc2ccccc2)c1. The van der Waals surface area contributed by atoms with Crippen LogP contribution in [0.15, 0.2) is 48.5 Å². The molecule has 0 saturated heterocycles. The van der Waals surface area contributed by atoms with Crippen molar-refractivity contribution in [3.05, 3.63) is 70.8 Å². The van der Waals surface area contributed by atoms with Crippen LogP contribution >= 0.6 is 0 Å². The molecule has 0 saturated carbocycles. The highest BCUT2D eigenvalue weighted by atomic mass is 16.1. The summed E-state index contributed by atoms with van der Waals surface area (Å²) in [6, 6.07) is 16.2. The number of rotatable bonds is 5. The first kappa shape index (κ1) is 15.5. The summed E-state index contributed by atoms with van der Waals surface area (Å²) in [6.45, 7) is 6.77. The standard InChI is InChI=1S/C19H23NO/c1-14-10-11-15(2)18(12-14)19(21)16(3)20(4)13-17-8-6-5-7-9-17/h5-12,16H,13H2,1-4H3. The fourth-order valence-corrected chi connectivity index (χ4v) is 2.43. The van der Waals surface area contributed by atoms with E-state index in [9.17, 15) is 4.79 Å². The van der Waals surface area contributed by atoms with Crippen molar-refractivity contribution in [2.45, 2.75) is 33.4 Å². The van der Waals surface area contributed by atoms with Gasteiger partial charge >= 0.3 is 0 Å². The lowest BCUT2D eigenvalue weighted by atomic mass is 9.97. The van der Waals surface area contributed by atoms with Crippen molar-refractivity contribution in [2.24, 2.45) is 0 Å². The molecule has 110 valence electrons. The summed E-state index contributed by atoms with van der Waals surface area (Å²) in [6.07, 6.45) is 0. The number of hydrogen-bond acceptors (Lipinski definition) is 2. The van der Waals surface area contributed by atoms with Gasteiger partial charge in [-0.3, -0.25) is 9.69 Å². The maximum Gasteiger partial charge on any atom is 0.179 e. The maximum atomic E-state index is 12.7. The molecule has 1 unspecified atom stereocenters. The molecule has 0 aliphatic carbocycles. The highest BCUT2D eigenvalue weighted by Crippen LogP contribution is 2.16. The smallest absolute Gasteiger partial charge is 0.179 e. The Labute approximate surface area is 127 Å². The third-order valence-electron chi connectivity index (χ3n) is 3.97. The van der Waals surface area contributed by atoms with Crippen LogP contribution in [0.2, 0.25) is 0 Å². The molecule has 2 heteroatoms. The molecule has 21 heavy (non-hydrogen) atoms. The van der Waals surface area contributed by atoms with Gasteiger partial charge in [-0.2, -0.15) is 0 Å². The molecule has 0 aliphatic rings. The van der Waals surface area contributed by atoms with Gasteiger partial charge in [0.15, 0.2) is 5.78 Å². The molecule has 0 radical (unpaired) electrons. The molecule has 2 rings (SSSR count). The van der Waals surface area contributed by atoms with Gasteiger partial charge in [0.25, 0.3) is 0 Å². The number of carbonyl (C=O) groups excluding carboxylic acids is 1. The van der Waals surface area contributed by atoms with E-state index in [0.717, 1.165) is 23.2 Å². The van der Waals surface area contributed by atoms with E-state index >= 15 is 0 Å². The fraction of sp³-hybridized carbons (Fsp3) is 0.316. The van der Waals surface area contributed by atoms with Crippen molar-refractivity contribution in [3.63, 3.8) is 0 Å². The number of hydrogen-bond donors (Lipinski definition) is 0. The lowest BCUT2D eigenvalue weighted by Gasteiger charge is -2.24. The number of benzene rings is 2. The van der Waals surface area contributed by atoms with Gasteiger partial charge < -0.3 is 0 Å². The Morgan fingerprint density at radius 2 is 1.76 bits per heavy atom. The second-order valence-corrected chi connectivity index (χ2v) is 5.76. The van der Waals surface area contributed by atoms with Gasteiger partial charge in [-0.25, -0.2) is 0 Å². The van der Waals surface area contributed by atoms with E-state index < -0.39 is 0 Å². The van der Waals surface area contributed by atoms with Crippen molar-refractivity contribution in [3.8, 4) is 0 Å². The second-order valence-electron chi connectivity index (χ2n) is 5.76. The Bertz CT molecular complexity index is 619. The summed E-state index contributed by atoms with van der Waals surface area (Å²) in [5.41, 5.74) is 4.23. The molecule has 0 aromatic heterocycles. The quantitative estimate of drug-likeness (QED) is 0.772. The van der Waals surface area contributed by atoms with Crippen molar-refractivity contribution >= 4 is 5.78 Å². The summed E-state index contributed by atoms with van der Waals surface area (Å²) in [5, 5.41) is 0. The summed E-state index contributed by atoms with van der Waals surface area (Å²) < 4.78 is 0. The Hall–Kier alpha value is -1.93. The van der Waals surface area contributed by atoms with Gasteiger partial charge in [-0.1, -0.05) is 48.0 Å². The fourth-order valence-electron chi connectivity index (χ4n) is 2.43. The molecule has 2 aromatic carbocycles. The summed E-state index contributed by atoms with van der Waals surface area (Å²) in [4.78, 5) is 14.8. The number of Topliss-reactive ketones (excluding diaryl/α,β-unsaturated/α-hetero) is 1. The molecule has 0 bridgehead atoms. The zero-order valence-corrected chi connectivity index (χ0v) is 13.3. The number of likely N-dealkylation sites (N-methyl/N-ethyl adjacent to an activating group) is 1. The minimum absolute atomic E-state index is 0.134. The van der Waals surface area contributed by atoms with Gasteiger partial charge in [0, 0.05) is 12.1 Å². The van der Waals surface area contributed by atoms with Gasteiger partial charge in [0.1, 0.15) is 0 Å². The Morgan fingerprint density at radius 3 is 2.43 bits per heavy atom. The molecule has 0 fully saturated rings. The first-order valence-corrected chi connectivity index (χ1v) is 7.34. The molecular formula is C19H23NO. The van der Waals surface area contributed by atoms with Crippen LogP contribution in [-0.2, 0) is 6.54 Å². The second kappa shape index (κ2) is 6.68. The highest BCUT2D eigenvalue weighted by molar-refractivity contribution is 6.01. The lowest BCUT2D eigenvalue weighted by Crippen LogP contribution is -2.35. The van der Waals surface area contributed by atoms with E-state index in [4.69, 9.17) is 0 Å². The minimum Gasteiger partial charge on any atom is -0.292 e. The van der Waals surface area contributed by atoms with Crippen molar-refractivity contribution < 1.29 is 4.79 Å². The van der Waals surface area contributed by atoms with Crippen molar-refractivity contribution in [2.75, 3.05) is 7.05 Å². The molecule has 1 atom stereocenters. The summed E-state index contributed by atoms with van der Waals surface area (Å²) in [7, 11) is 2.00. The number of carbonyl (C=O) groups is 1. The number of ketones is 1. The van der Waals surface area contributed by atoms with Crippen LogP contribution in [0.4, 0.5) is 0 Å². The Kier molecular flexibility index (Phi) is 4.92. The van der Waals surface area contributed by atoms with Crippen LogP contribution in [0, 0.1) is 13.8 Å². The molecular weight excluding hydrogens is 258 g/mol. The molecule has 2 aromatic rings. The topological polar surface area (TPSA) is 20.3 Å². The Balaban J connectivity index is 2.13. The van der Waals surface area contributed by atoms with Crippen LogP contribution in [0.5, 0.6) is 0 Å². The first-order valence-electron chi connectivity index (χ1n) is 7.34. The average molecular weight is 281 g/mol. The van der Waals surface area contributed by atoms with E-state index in [0.29, 0.717) is 0 Å². The van der Waals surface area contributed by atoms with E-state index in [1.807, 2.05) is 64.2 Å². The van der Waals surface area contributed by atoms with Crippen LogP contribution in [-0.4, -0.2) is 23.8 Å². The highest BCUT2D eigenvalue weighted by Gasteiger charge is 2.21. The largest absolute Gasteiger partial charge is 0.292 e. The first-order chi connectivity index (χ1) is 9.99. The molecule has 0 spiro atoms. The van der Waals surface area contributed by atoms with Crippen LogP contribution < -0.4 is 0 Å². The molecule has 2 nitrogen and oxygen atoms in total. The summed E-state index contributed by atoms with van der Waals surface area (Å²) >= 11 is 0. The van der Waals surface area contributed by atoms with Crippen LogP contribution in [0.25, 0.3) is 0 Å². The predicted octanol–water partition coefficient (Wildman–Crippen LogP) is 4.01. The predicted molar refractivity (Wildman–Crippen MR) is 87.6 cm³/mol. The normalized spacial score (nSPS) is 12.4. The van der Waals surface area contributed by atoms with Gasteiger partial charge in [-0.15, -0.1) is 0 Å². The monoisotopic (exact) mass is 281 g/mol. The van der Waals surface area contributed by atoms with Crippen molar-refractivity contribution in [1.29, 1.82) is 0 Å². The molecule has 0 amide bonds. The maximum absolute atomic E-state index is 12.7. The summed E-state index contributed by atoms with van der Waals surface area (Å²) in [5.74, 6) is 0.189. The Morgan fingerprint density at radius 1 is 1.10 bits per heavy atom. The molecule has 0 N–H and O–H groups in total. The zero-order valence-electron chi connectivity index (χ0n) is 13.3. The molecule has 0 aliphatic heterocycles. The van der Waals surface area contributed by atoms with E-state index in [1.54, 1.807) is 0 Å². The van der Waals surface area contributed by atoms with Gasteiger partial charge in [0.05, 0.1) is 6.04 Å². The zero-order chi connectivity index (χ0) is 15.4. The van der Waals surface area contributed by atoms with Gasteiger partial charge in [0.2, 0.25) is 0 Å². The third kappa shape index (κ3) is 3.79. The lowest BCUT2D eigenvalue weighted by molar-refractivity contribution is 0.0861. The van der Waals surface area contributed by atoms with E-state index in [2.05, 4.69) is 17.0 Å².